The summed E-state index contributed by atoms with van der Waals surface area (Å²) in [6.45, 7) is 5.11. The van der Waals surface area contributed by atoms with Crippen LogP contribution in [0, 0.1) is 0 Å². The number of nitrogens with zero attached hydrogens (tertiary/aromatic N) is 4. The number of nitrogens with one attached hydrogen (secondary N) is 2. The van der Waals surface area contributed by atoms with Crippen molar-refractivity contribution in [1.82, 2.24) is 28.7 Å². The SMILES string of the molecule is COc1ccc2c(c1)CC(NC(=O)N1CCOC(CN3CCCC3)C1)Cn1c-2c(C2CCCCC2)c2ccc(C(=O)NS(=O)(=O)N(C)C)cc21. The fraction of sp³-hybridized carbons (Fsp3) is 0.568. The van der Waals surface area contributed by atoms with Crippen molar-refractivity contribution < 1.29 is 27.5 Å². The third kappa shape index (κ3) is 7.10. The van der Waals surface area contributed by atoms with Crippen LogP contribution in [0.3, 0.4) is 0 Å². The third-order valence-corrected chi connectivity index (χ3v) is 12.3. The zero-order valence-corrected chi connectivity index (χ0v) is 30.3. The summed E-state index contributed by atoms with van der Waals surface area (Å²) < 4.78 is 42.3. The van der Waals surface area contributed by atoms with Crippen molar-refractivity contribution in [2.75, 3.05) is 60.5 Å². The molecule has 1 aliphatic carbocycles. The number of urea groups is 1. The lowest BCUT2D eigenvalue weighted by atomic mass is 9.81. The summed E-state index contributed by atoms with van der Waals surface area (Å²) in [5.74, 6) is 0.421. The highest BCUT2D eigenvalue weighted by atomic mass is 32.2. The molecule has 0 spiro atoms. The molecule has 3 aliphatic heterocycles. The van der Waals surface area contributed by atoms with Crippen molar-refractivity contribution in [1.29, 1.82) is 0 Å². The number of rotatable bonds is 8. The second-order valence-corrected chi connectivity index (χ2v) is 16.4. The molecule has 0 bridgehead atoms. The van der Waals surface area contributed by atoms with Gasteiger partial charge in [0.1, 0.15) is 5.75 Å². The summed E-state index contributed by atoms with van der Waals surface area (Å²) in [5.41, 5.74) is 5.68. The second kappa shape index (κ2) is 14.5. The van der Waals surface area contributed by atoms with Gasteiger partial charge in [-0.15, -0.1) is 0 Å². The molecule has 2 saturated heterocycles. The fourth-order valence-electron chi connectivity index (χ4n) is 8.35. The minimum absolute atomic E-state index is 0.00866. The average molecular weight is 707 g/mol. The molecule has 50 heavy (non-hydrogen) atoms. The van der Waals surface area contributed by atoms with Crippen molar-refractivity contribution >= 4 is 33.1 Å². The molecule has 0 radical (unpaired) electrons. The first kappa shape index (κ1) is 34.8. The Labute approximate surface area is 295 Å². The highest BCUT2D eigenvalue weighted by Gasteiger charge is 2.34. The van der Waals surface area contributed by atoms with Gasteiger partial charge in [0.2, 0.25) is 0 Å². The quantitative estimate of drug-likeness (QED) is 0.357. The minimum atomic E-state index is -3.97. The van der Waals surface area contributed by atoms with E-state index in [1.54, 1.807) is 13.2 Å². The number of morpholine rings is 1. The van der Waals surface area contributed by atoms with Gasteiger partial charge in [-0.25, -0.2) is 9.52 Å². The number of fused-ring (bicyclic) bond motifs is 5. The molecule has 13 heteroatoms. The highest BCUT2D eigenvalue weighted by Crippen LogP contribution is 2.46. The number of likely N-dealkylation sites (tertiary alicyclic amines) is 1. The number of hydrogen-bond donors (Lipinski definition) is 2. The molecular weight excluding hydrogens is 657 g/mol. The number of amides is 3. The Morgan fingerprint density at radius 1 is 0.980 bits per heavy atom. The summed E-state index contributed by atoms with van der Waals surface area (Å²) in [7, 11) is 0.461. The first-order valence-electron chi connectivity index (χ1n) is 18.1. The number of carbonyl (C=O) groups excluding carboxylic acids is 2. The molecule has 2 unspecified atom stereocenters. The zero-order valence-electron chi connectivity index (χ0n) is 29.4. The Balaban J connectivity index is 1.27. The number of carbonyl (C=O) groups is 2. The molecule has 1 saturated carbocycles. The summed E-state index contributed by atoms with van der Waals surface area (Å²) in [4.78, 5) is 31.6. The smallest absolute Gasteiger partial charge is 0.317 e. The Morgan fingerprint density at radius 2 is 1.76 bits per heavy atom. The molecule has 3 fully saturated rings. The van der Waals surface area contributed by atoms with Gasteiger partial charge >= 0.3 is 16.2 Å². The van der Waals surface area contributed by atoms with Crippen LogP contribution in [-0.4, -0.2) is 112 Å². The van der Waals surface area contributed by atoms with Gasteiger partial charge in [0.05, 0.1) is 31.6 Å². The predicted molar refractivity (Wildman–Crippen MR) is 193 cm³/mol. The van der Waals surface area contributed by atoms with Crippen LogP contribution in [-0.2, 0) is 27.9 Å². The molecule has 12 nitrogen and oxygen atoms in total. The molecule has 4 aliphatic rings. The van der Waals surface area contributed by atoms with E-state index in [0.29, 0.717) is 38.6 Å². The lowest BCUT2D eigenvalue weighted by Crippen LogP contribution is -2.54. The summed E-state index contributed by atoms with van der Waals surface area (Å²) in [6, 6.07) is 11.3. The molecule has 2 N–H and O–H groups in total. The monoisotopic (exact) mass is 706 g/mol. The lowest BCUT2D eigenvalue weighted by molar-refractivity contribution is -0.0279. The maximum atomic E-state index is 14.0. The largest absolute Gasteiger partial charge is 0.497 e. The molecular formula is C37H50N6O6S. The number of aromatic nitrogens is 1. The molecule has 3 aromatic rings. The summed E-state index contributed by atoms with van der Waals surface area (Å²) >= 11 is 0. The van der Waals surface area contributed by atoms with Crippen molar-refractivity contribution in [3.05, 3.63) is 53.1 Å². The van der Waals surface area contributed by atoms with Crippen LogP contribution in [0.4, 0.5) is 4.79 Å². The van der Waals surface area contributed by atoms with Crippen molar-refractivity contribution in [2.45, 2.75) is 76.0 Å². The second-order valence-electron chi connectivity index (χ2n) is 14.5. The van der Waals surface area contributed by atoms with E-state index < -0.39 is 16.1 Å². The fourth-order valence-corrected chi connectivity index (χ4v) is 8.88. The van der Waals surface area contributed by atoms with Gasteiger partial charge in [-0.1, -0.05) is 25.3 Å². The van der Waals surface area contributed by atoms with E-state index in [1.165, 1.54) is 38.9 Å². The molecule has 270 valence electrons. The van der Waals surface area contributed by atoms with E-state index in [0.717, 1.165) is 83.1 Å². The van der Waals surface area contributed by atoms with Gasteiger partial charge in [0.25, 0.3) is 5.91 Å². The van der Waals surface area contributed by atoms with Gasteiger partial charge in [0.15, 0.2) is 0 Å². The molecule has 2 atom stereocenters. The molecule has 2 aromatic carbocycles. The van der Waals surface area contributed by atoms with Crippen molar-refractivity contribution in [2.24, 2.45) is 0 Å². The summed E-state index contributed by atoms with van der Waals surface area (Å²) in [5, 5.41) is 4.45. The van der Waals surface area contributed by atoms with Gasteiger partial charge in [-0.3, -0.25) is 4.79 Å². The van der Waals surface area contributed by atoms with Crippen LogP contribution in [0.5, 0.6) is 5.75 Å². The Morgan fingerprint density at radius 3 is 2.50 bits per heavy atom. The Hall–Kier alpha value is -3.65. The predicted octanol–water partition coefficient (Wildman–Crippen LogP) is 4.33. The van der Waals surface area contributed by atoms with Crippen LogP contribution in [0.25, 0.3) is 22.2 Å². The number of ether oxygens (including phenoxy) is 2. The normalized spacial score (nSPS) is 21.9. The molecule has 3 amide bonds. The lowest BCUT2D eigenvalue weighted by Gasteiger charge is -2.35. The number of methoxy groups -OCH3 is 1. The van der Waals surface area contributed by atoms with Crippen LogP contribution < -0.4 is 14.8 Å². The van der Waals surface area contributed by atoms with E-state index >= 15 is 0 Å². The van der Waals surface area contributed by atoms with Gasteiger partial charge in [-0.2, -0.15) is 12.7 Å². The van der Waals surface area contributed by atoms with Crippen LogP contribution in [0.1, 0.15) is 72.3 Å². The van der Waals surface area contributed by atoms with Crippen molar-refractivity contribution in [3.8, 4) is 17.0 Å². The Bertz CT molecular complexity index is 1850. The van der Waals surface area contributed by atoms with E-state index in [1.807, 2.05) is 23.1 Å². The summed E-state index contributed by atoms with van der Waals surface area (Å²) in [6.07, 6.45) is 8.72. The van der Waals surface area contributed by atoms with Crippen LogP contribution >= 0.6 is 0 Å². The molecule has 1 aromatic heterocycles. The standard InChI is InChI=1S/C37H50N6O6S/c1-40(2)50(46,47)39-36(44)26-11-13-32-33(21-26)43-22-28(38-37(45)42-17-18-49-30(24-42)23-41-15-7-8-16-41)19-27-20-29(48-3)12-14-31(27)35(43)34(32)25-9-5-4-6-10-25/h11-14,20-21,25,28,30H,4-10,15-19,22-24H2,1-3H3,(H,38,45)(H,39,44). The van der Waals surface area contributed by atoms with E-state index in [-0.39, 0.29) is 23.7 Å². The van der Waals surface area contributed by atoms with Gasteiger partial charge in [-0.05, 0) is 92.6 Å². The average Bonchev–Trinajstić information content (AvgIpc) is 3.70. The first-order valence-corrected chi connectivity index (χ1v) is 19.5. The minimum Gasteiger partial charge on any atom is -0.497 e. The van der Waals surface area contributed by atoms with Crippen LogP contribution in [0.15, 0.2) is 36.4 Å². The highest BCUT2D eigenvalue weighted by molar-refractivity contribution is 7.87. The topological polar surface area (TPSA) is 125 Å². The van der Waals surface area contributed by atoms with E-state index in [9.17, 15) is 18.0 Å². The molecule has 4 heterocycles. The van der Waals surface area contributed by atoms with E-state index in [2.05, 4.69) is 31.6 Å². The van der Waals surface area contributed by atoms with Gasteiger partial charge in [0, 0.05) is 62.3 Å². The zero-order chi connectivity index (χ0) is 35.0. The maximum absolute atomic E-state index is 14.0. The number of benzene rings is 2. The van der Waals surface area contributed by atoms with Crippen LogP contribution in [0.2, 0.25) is 0 Å². The Kier molecular flexibility index (Phi) is 10.1. The first-order chi connectivity index (χ1) is 24.1. The number of hydrogen-bond acceptors (Lipinski definition) is 7. The van der Waals surface area contributed by atoms with Crippen molar-refractivity contribution in [3.63, 3.8) is 0 Å². The third-order valence-electron chi connectivity index (χ3n) is 10.9. The maximum Gasteiger partial charge on any atom is 0.317 e. The van der Waals surface area contributed by atoms with E-state index in [4.69, 9.17) is 9.47 Å². The van der Waals surface area contributed by atoms with Gasteiger partial charge < -0.3 is 29.2 Å². The molecule has 7 rings (SSSR count).